The minimum Gasteiger partial charge on any atom is -0.376 e. The van der Waals surface area contributed by atoms with E-state index in [9.17, 15) is 0 Å². The van der Waals surface area contributed by atoms with Crippen LogP contribution in [-0.4, -0.2) is 35.3 Å². The highest BCUT2D eigenvalue weighted by Gasteiger charge is 2.18. The Hall–Kier alpha value is -0.720. The fourth-order valence-electron chi connectivity index (χ4n) is 2.05. The molecular weight excluding hydrogens is 296 g/mol. The van der Waals surface area contributed by atoms with Gasteiger partial charge in [-0.05, 0) is 41.6 Å². The van der Waals surface area contributed by atoms with Gasteiger partial charge in [-0.3, -0.25) is 0 Å². The maximum Gasteiger partial charge on any atom is 0.222 e. The fourth-order valence-corrected chi connectivity index (χ4v) is 2.25. The largest absolute Gasteiger partial charge is 0.376 e. The topological polar surface area (TPSA) is 73.1 Å². The van der Waals surface area contributed by atoms with Gasteiger partial charge in [0, 0.05) is 25.0 Å². The van der Waals surface area contributed by atoms with E-state index in [1.807, 2.05) is 0 Å². The summed E-state index contributed by atoms with van der Waals surface area (Å²) in [7, 11) is 0. The van der Waals surface area contributed by atoms with Gasteiger partial charge in [0.2, 0.25) is 5.95 Å². The van der Waals surface area contributed by atoms with Crippen LogP contribution >= 0.6 is 15.9 Å². The molecule has 0 amide bonds. The first kappa shape index (κ1) is 13.7. The van der Waals surface area contributed by atoms with E-state index in [-0.39, 0.29) is 0 Å². The fraction of sp³-hybridized carbons (Fsp3) is 0.667. The zero-order valence-corrected chi connectivity index (χ0v) is 11.9. The molecule has 1 aliphatic rings. The summed E-state index contributed by atoms with van der Waals surface area (Å²) in [6.45, 7) is 1.41. The van der Waals surface area contributed by atoms with Crippen LogP contribution in [0.5, 0.6) is 0 Å². The van der Waals surface area contributed by atoms with Gasteiger partial charge in [-0.2, -0.15) is 0 Å². The van der Waals surface area contributed by atoms with Gasteiger partial charge in [0.1, 0.15) is 0 Å². The summed E-state index contributed by atoms with van der Waals surface area (Å²) in [5, 5.41) is 3.13. The second-order valence-electron chi connectivity index (χ2n) is 4.56. The van der Waals surface area contributed by atoms with Crippen molar-refractivity contribution < 1.29 is 4.74 Å². The normalized spacial score (nSPS) is 23.9. The van der Waals surface area contributed by atoms with E-state index in [1.54, 1.807) is 12.4 Å². The van der Waals surface area contributed by atoms with Crippen LogP contribution in [0, 0.1) is 0 Å². The van der Waals surface area contributed by atoms with Crippen LogP contribution in [0.15, 0.2) is 16.9 Å². The number of aromatic nitrogens is 2. The minimum absolute atomic E-state index is 0.373. The molecule has 1 heterocycles. The maximum absolute atomic E-state index is 5.85. The number of nitrogens with one attached hydrogen (secondary N) is 1. The first-order valence-corrected chi connectivity index (χ1v) is 7.12. The molecule has 0 bridgehead atoms. The molecule has 1 aromatic rings. The highest BCUT2D eigenvalue weighted by atomic mass is 79.9. The summed E-state index contributed by atoms with van der Waals surface area (Å²) in [6, 6.07) is 0.374. The van der Waals surface area contributed by atoms with Crippen molar-refractivity contribution in [1.29, 1.82) is 0 Å². The molecule has 0 unspecified atom stereocenters. The molecule has 100 valence electrons. The molecule has 5 nitrogen and oxygen atoms in total. The molecule has 0 aliphatic heterocycles. The van der Waals surface area contributed by atoms with E-state index in [0.717, 1.165) is 36.7 Å². The molecule has 0 aromatic carbocycles. The number of nitrogens with two attached hydrogens (primary N) is 1. The first-order chi connectivity index (χ1) is 8.74. The summed E-state index contributed by atoms with van der Waals surface area (Å²) >= 11 is 3.30. The third kappa shape index (κ3) is 4.51. The van der Waals surface area contributed by atoms with Gasteiger partial charge < -0.3 is 15.8 Å². The Kier molecular flexibility index (Phi) is 5.34. The lowest BCUT2D eigenvalue weighted by Gasteiger charge is -2.26. The predicted molar refractivity (Wildman–Crippen MR) is 74.4 cm³/mol. The van der Waals surface area contributed by atoms with Crippen molar-refractivity contribution in [3.63, 3.8) is 0 Å². The molecule has 1 aromatic heterocycles. The summed E-state index contributed by atoms with van der Waals surface area (Å²) < 4.78 is 6.67. The van der Waals surface area contributed by atoms with Gasteiger partial charge in [-0.1, -0.05) is 0 Å². The van der Waals surface area contributed by atoms with Crippen LogP contribution in [0.2, 0.25) is 0 Å². The molecule has 0 atom stereocenters. The monoisotopic (exact) mass is 314 g/mol. The summed E-state index contributed by atoms with van der Waals surface area (Å²) in [6.07, 6.45) is 8.13. The lowest BCUT2D eigenvalue weighted by Crippen LogP contribution is -2.31. The molecule has 6 heteroatoms. The van der Waals surface area contributed by atoms with E-state index < -0.39 is 0 Å². The van der Waals surface area contributed by atoms with E-state index in [0.29, 0.717) is 24.7 Å². The summed E-state index contributed by atoms with van der Waals surface area (Å²) in [5.41, 5.74) is 5.85. The highest BCUT2D eigenvalue weighted by molar-refractivity contribution is 9.10. The zero-order chi connectivity index (χ0) is 12.8. The lowest BCUT2D eigenvalue weighted by molar-refractivity contribution is 0.0312. The predicted octanol–water partition coefficient (Wildman–Crippen LogP) is 1.94. The number of halogens is 1. The molecule has 0 radical (unpaired) electrons. The second-order valence-corrected chi connectivity index (χ2v) is 5.47. The Morgan fingerprint density at radius 3 is 2.61 bits per heavy atom. The van der Waals surface area contributed by atoms with Crippen molar-refractivity contribution in [2.24, 2.45) is 5.73 Å². The van der Waals surface area contributed by atoms with Crippen molar-refractivity contribution in [2.75, 3.05) is 18.5 Å². The van der Waals surface area contributed by atoms with Crippen LogP contribution in [0.1, 0.15) is 25.7 Å². The Morgan fingerprint density at radius 1 is 1.28 bits per heavy atom. The van der Waals surface area contributed by atoms with Crippen molar-refractivity contribution in [1.82, 2.24) is 9.97 Å². The molecule has 1 saturated carbocycles. The van der Waals surface area contributed by atoms with Crippen LogP contribution in [-0.2, 0) is 4.74 Å². The van der Waals surface area contributed by atoms with E-state index in [2.05, 4.69) is 31.2 Å². The number of rotatable bonds is 5. The number of anilines is 1. The van der Waals surface area contributed by atoms with Gasteiger partial charge in [0.25, 0.3) is 0 Å². The third-order valence-corrected chi connectivity index (χ3v) is 3.49. The van der Waals surface area contributed by atoms with Crippen molar-refractivity contribution in [3.8, 4) is 0 Å². The Bertz CT molecular complexity index is 352. The molecule has 0 saturated heterocycles. The van der Waals surface area contributed by atoms with Crippen LogP contribution in [0.4, 0.5) is 5.95 Å². The lowest BCUT2D eigenvalue weighted by atomic mass is 9.94. The number of hydrogen-bond donors (Lipinski definition) is 2. The molecule has 1 aliphatic carbocycles. The van der Waals surface area contributed by atoms with E-state index in [4.69, 9.17) is 10.5 Å². The zero-order valence-electron chi connectivity index (χ0n) is 10.3. The van der Waals surface area contributed by atoms with Crippen LogP contribution < -0.4 is 11.1 Å². The van der Waals surface area contributed by atoms with E-state index >= 15 is 0 Å². The van der Waals surface area contributed by atoms with Gasteiger partial charge in [-0.15, -0.1) is 0 Å². The smallest absolute Gasteiger partial charge is 0.222 e. The molecule has 0 spiro atoms. The Morgan fingerprint density at radius 2 is 1.94 bits per heavy atom. The third-order valence-electron chi connectivity index (χ3n) is 3.08. The van der Waals surface area contributed by atoms with Crippen molar-refractivity contribution in [3.05, 3.63) is 16.9 Å². The number of ether oxygens (including phenoxy) is 1. The summed E-state index contributed by atoms with van der Waals surface area (Å²) in [4.78, 5) is 8.26. The highest BCUT2D eigenvalue weighted by Crippen LogP contribution is 2.19. The van der Waals surface area contributed by atoms with E-state index in [1.165, 1.54) is 0 Å². The van der Waals surface area contributed by atoms with Gasteiger partial charge in [0.05, 0.1) is 17.2 Å². The molecule has 1 fully saturated rings. The molecule has 18 heavy (non-hydrogen) atoms. The molecular formula is C12H19BrN4O. The standard InChI is InChI=1S/C12H19BrN4O/c13-9-7-16-12(17-8-9)15-5-6-18-11-3-1-10(14)2-4-11/h7-8,10-11H,1-6,14H2,(H,15,16,17). The van der Waals surface area contributed by atoms with Gasteiger partial charge >= 0.3 is 0 Å². The number of hydrogen-bond acceptors (Lipinski definition) is 5. The van der Waals surface area contributed by atoms with Crippen molar-refractivity contribution >= 4 is 21.9 Å². The maximum atomic E-state index is 5.85. The van der Waals surface area contributed by atoms with Crippen LogP contribution in [0.25, 0.3) is 0 Å². The Labute approximate surface area is 116 Å². The van der Waals surface area contributed by atoms with Crippen molar-refractivity contribution in [2.45, 2.75) is 37.8 Å². The number of nitrogens with zero attached hydrogens (tertiary/aromatic N) is 2. The quantitative estimate of drug-likeness (QED) is 0.813. The van der Waals surface area contributed by atoms with Gasteiger partial charge in [-0.25, -0.2) is 9.97 Å². The van der Waals surface area contributed by atoms with Gasteiger partial charge in [0.15, 0.2) is 0 Å². The average molecular weight is 315 g/mol. The van der Waals surface area contributed by atoms with Crippen LogP contribution in [0.3, 0.4) is 0 Å². The first-order valence-electron chi connectivity index (χ1n) is 6.32. The molecule has 3 N–H and O–H groups in total. The average Bonchev–Trinajstić information content (AvgIpc) is 2.39. The Balaban J connectivity index is 1.60. The summed E-state index contributed by atoms with van der Waals surface area (Å²) in [5.74, 6) is 0.632. The SMILES string of the molecule is NC1CCC(OCCNc2ncc(Br)cn2)CC1. The molecule has 2 rings (SSSR count). The minimum atomic E-state index is 0.373. The second kappa shape index (κ2) is 7.01.